The molecular formula is C33H54O4. The first kappa shape index (κ1) is 33.0. The van der Waals surface area contributed by atoms with Crippen LogP contribution in [0.3, 0.4) is 0 Å². The van der Waals surface area contributed by atoms with Gasteiger partial charge in [0, 0.05) is 0 Å². The van der Waals surface area contributed by atoms with E-state index >= 15 is 0 Å². The van der Waals surface area contributed by atoms with Gasteiger partial charge in [0.25, 0.3) is 0 Å². The van der Waals surface area contributed by atoms with Crippen LogP contribution in [0.2, 0.25) is 0 Å². The molecule has 0 aliphatic carbocycles. The fourth-order valence-corrected chi connectivity index (χ4v) is 4.17. The minimum Gasteiger partial charge on any atom is -0.494 e. The number of benzene rings is 2. The molecule has 0 saturated carbocycles. The Balaban J connectivity index is 0.000000371. The number of aryl methyl sites for hydroxylation is 3. The first-order valence-corrected chi connectivity index (χ1v) is 13.9. The monoisotopic (exact) mass is 514 g/mol. The lowest BCUT2D eigenvalue weighted by atomic mass is 10.00. The number of hydrogen-bond donors (Lipinski definition) is 0. The first-order chi connectivity index (χ1) is 17.1. The van der Waals surface area contributed by atoms with Crippen molar-refractivity contribution in [1.82, 2.24) is 0 Å². The number of hydrogen-bond acceptors (Lipinski definition) is 4. The third kappa shape index (κ3) is 12.4. The van der Waals surface area contributed by atoms with Crippen molar-refractivity contribution in [2.45, 2.75) is 126 Å². The molecule has 2 unspecified atom stereocenters. The molecule has 2 atom stereocenters. The average molecular weight is 515 g/mol. The molecule has 2 aromatic carbocycles. The van der Waals surface area contributed by atoms with E-state index in [-0.39, 0.29) is 23.4 Å². The quantitative estimate of drug-likeness (QED) is 0.316. The molecule has 0 radical (unpaired) electrons. The molecule has 37 heavy (non-hydrogen) atoms. The second-order valence-corrected chi connectivity index (χ2v) is 11.9. The fraction of sp³-hybridized carbons (Fsp3) is 0.636. The van der Waals surface area contributed by atoms with Gasteiger partial charge in [0.2, 0.25) is 0 Å². The fourth-order valence-electron chi connectivity index (χ4n) is 4.17. The highest BCUT2D eigenvalue weighted by atomic mass is 16.5. The molecule has 0 fully saturated rings. The van der Waals surface area contributed by atoms with E-state index in [2.05, 4.69) is 114 Å². The Kier molecular flexibility index (Phi) is 13.2. The smallest absolute Gasteiger partial charge is 0.122 e. The van der Waals surface area contributed by atoms with E-state index in [4.69, 9.17) is 18.9 Å². The van der Waals surface area contributed by atoms with Crippen molar-refractivity contribution < 1.29 is 18.9 Å². The van der Waals surface area contributed by atoms with Crippen LogP contribution < -0.4 is 9.47 Å². The predicted molar refractivity (Wildman–Crippen MR) is 157 cm³/mol. The average Bonchev–Trinajstić information content (AvgIpc) is 2.76. The molecule has 0 heterocycles. The maximum Gasteiger partial charge on any atom is 0.122 e. The second-order valence-electron chi connectivity index (χ2n) is 11.9. The third-order valence-corrected chi connectivity index (χ3v) is 5.69. The largest absolute Gasteiger partial charge is 0.494 e. The molecule has 0 N–H and O–H groups in total. The lowest BCUT2D eigenvalue weighted by Gasteiger charge is -2.27. The van der Waals surface area contributed by atoms with E-state index in [1.165, 1.54) is 27.8 Å². The SMILES string of the molecule is CCCOc1cc(C)c(C(C)OC(C)(C)C)cc1C.CCCOc1ccc(C)c(C(C)OC(C)(C)C)c1. The highest BCUT2D eigenvalue weighted by Gasteiger charge is 2.20. The van der Waals surface area contributed by atoms with Crippen molar-refractivity contribution in [3.05, 3.63) is 58.1 Å². The van der Waals surface area contributed by atoms with Gasteiger partial charge in [-0.3, -0.25) is 0 Å². The van der Waals surface area contributed by atoms with E-state index in [1.54, 1.807) is 0 Å². The topological polar surface area (TPSA) is 36.9 Å². The summed E-state index contributed by atoms with van der Waals surface area (Å²) >= 11 is 0. The van der Waals surface area contributed by atoms with Gasteiger partial charge in [0.05, 0.1) is 36.6 Å². The molecule has 2 rings (SSSR count). The van der Waals surface area contributed by atoms with Crippen molar-refractivity contribution >= 4 is 0 Å². The molecule has 2 aromatic rings. The summed E-state index contributed by atoms with van der Waals surface area (Å²) in [6.45, 7) is 28.8. The lowest BCUT2D eigenvalue weighted by Crippen LogP contribution is -2.21. The van der Waals surface area contributed by atoms with Crippen molar-refractivity contribution in [1.29, 1.82) is 0 Å². The molecule has 0 bridgehead atoms. The summed E-state index contributed by atoms with van der Waals surface area (Å²) in [7, 11) is 0. The molecular weight excluding hydrogens is 460 g/mol. The summed E-state index contributed by atoms with van der Waals surface area (Å²) in [6, 6.07) is 10.5. The zero-order chi connectivity index (χ0) is 28.4. The molecule has 0 spiro atoms. The summed E-state index contributed by atoms with van der Waals surface area (Å²) in [6.07, 6.45) is 2.23. The summed E-state index contributed by atoms with van der Waals surface area (Å²) in [5.74, 6) is 1.92. The van der Waals surface area contributed by atoms with Gasteiger partial charge in [0.15, 0.2) is 0 Å². The van der Waals surface area contributed by atoms with Crippen molar-refractivity contribution in [3.63, 3.8) is 0 Å². The van der Waals surface area contributed by atoms with Gasteiger partial charge >= 0.3 is 0 Å². The number of rotatable bonds is 10. The van der Waals surface area contributed by atoms with E-state index in [0.717, 1.165) is 37.6 Å². The highest BCUT2D eigenvalue weighted by Crippen LogP contribution is 2.31. The van der Waals surface area contributed by atoms with Gasteiger partial charge in [-0.1, -0.05) is 19.9 Å². The molecule has 0 saturated heterocycles. The van der Waals surface area contributed by atoms with Crippen molar-refractivity contribution in [2.75, 3.05) is 13.2 Å². The van der Waals surface area contributed by atoms with E-state index in [1.807, 2.05) is 6.07 Å². The van der Waals surface area contributed by atoms with Gasteiger partial charge in [-0.25, -0.2) is 0 Å². The molecule has 4 heteroatoms. The van der Waals surface area contributed by atoms with Gasteiger partial charge in [-0.2, -0.15) is 0 Å². The molecule has 0 aliphatic heterocycles. The van der Waals surface area contributed by atoms with Crippen LogP contribution in [-0.4, -0.2) is 24.4 Å². The minimum absolute atomic E-state index is 0.0789. The van der Waals surface area contributed by atoms with Gasteiger partial charge in [-0.05, 0) is 141 Å². The summed E-state index contributed by atoms with van der Waals surface area (Å²) in [5.41, 5.74) is 5.85. The Labute approximate surface area is 228 Å². The molecule has 4 nitrogen and oxygen atoms in total. The zero-order valence-corrected chi connectivity index (χ0v) is 26.0. The standard InChI is InChI=1S/C17H28O2.C16H26O2/c1-8-9-18-16-11-12(2)15(10-13(16)3)14(4)19-17(5,6)7;1-7-10-17-14-9-8-12(2)15(11-14)13(3)18-16(4,5)6/h10-11,14H,8-9H2,1-7H3;8-9,11,13H,7,10H2,1-6H3. The second kappa shape index (κ2) is 14.8. The highest BCUT2D eigenvalue weighted by molar-refractivity contribution is 5.42. The van der Waals surface area contributed by atoms with Gasteiger partial charge < -0.3 is 18.9 Å². The Morgan fingerprint density at radius 2 is 1.11 bits per heavy atom. The van der Waals surface area contributed by atoms with E-state index < -0.39 is 0 Å². The van der Waals surface area contributed by atoms with Crippen LogP contribution in [0.4, 0.5) is 0 Å². The first-order valence-electron chi connectivity index (χ1n) is 13.9. The predicted octanol–water partition coefficient (Wildman–Crippen LogP) is 9.63. The van der Waals surface area contributed by atoms with E-state index in [9.17, 15) is 0 Å². The van der Waals surface area contributed by atoms with Crippen LogP contribution in [0.25, 0.3) is 0 Å². The van der Waals surface area contributed by atoms with Crippen molar-refractivity contribution in [2.24, 2.45) is 0 Å². The van der Waals surface area contributed by atoms with Crippen LogP contribution >= 0.6 is 0 Å². The Bertz CT molecular complexity index is 950. The van der Waals surface area contributed by atoms with Gasteiger partial charge in [0.1, 0.15) is 11.5 Å². The zero-order valence-electron chi connectivity index (χ0n) is 26.0. The normalized spacial score (nSPS) is 13.4. The van der Waals surface area contributed by atoms with E-state index in [0.29, 0.717) is 0 Å². The summed E-state index contributed by atoms with van der Waals surface area (Å²) in [5, 5.41) is 0. The Morgan fingerprint density at radius 1 is 0.622 bits per heavy atom. The van der Waals surface area contributed by atoms with Crippen LogP contribution in [0.1, 0.15) is 122 Å². The molecule has 0 aromatic heterocycles. The summed E-state index contributed by atoms with van der Waals surface area (Å²) < 4.78 is 23.5. The van der Waals surface area contributed by atoms with Gasteiger partial charge in [-0.15, -0.1) is 0 Å². The molecule has 0 aliphatic rings. The van der Waals surface area contributed by atoms with Crippen LogP contribution in [0.5, 0.6) is 11.5 Å². The summed E-state index contributed by atoms with van der Waals surface area (Å²) in [4.78, 5) is 0. The van der Waals surface area contributed by atoms with Crippen molar-refractivity contribution in [3.8, 4) is 11.5 Å². The molecule has 0 amide bonds. The molecule has 210 valence electrons. The maximum absolute atomic E-state index is 6.04. The van der Waals surface area contributed by atoms with Crippen LogP contribution in [-0.2, 0) is 9.47 Å². The van der Waals surface area contributed by atoms with Crippen LogP contribution in [0.15, 0.2) is 30.3 Å². The lowest BCUT2D eigenvalue weighted by molar-refractivity contribution is -0.0536. The third-order valence-electron chi connectivity index (χ3n) is 5.69. The van der Waals surface area contributed by atoms with Crippen LogP contribution in [0, 0.1) is 20.8 Å². The number of ether oxygens (including phenoxy) is 4. The minimum atomic E-state index is -0.133. The Morgan fingerprint density at radius 3 is 1.59 bits per heavy atom. The Hall–Kier alpha value is -2.04. The maximum atomic E-state index is 6.04.